The minimum atomic E-state index is -2.06. The van der Waals surface area contributed by atoms with Crippen LogP contribution >= 0.6 is 0 Å². The number of rotatable bonds is 5. The Kier molecular flexibility index (Phi) is 3.95. The predicted molar refractivity (Wildman–Crippen MR) is 93.5 cm³/mol. The molecule has 3 rings (SSSR count). The quantitative estimate of drug-likeness (QED) is 0.665. The molecule has 0 aromatic heterocycles. The van der Waals surface area contributed by atoms with Gasteiger partial charge in [-0.05, 0) is 19.4 Å². The summed E-state index contributed by atoms with van der Waals surface area (Å²) < 4.78 is 30.5. The number of aliphatic hydroxyl groups excluding tert-OH is 1. The van der Waals surface area contributed by atoms with Gasteiger partial charge in [0, 0.05) is 25.7 Å². The summed E-state index contributed by atoms with van der Waals surface area (Å²) in [5, 5.41) is 9.68. The summed E-state index contributed by atoms with van der Waals surface area (Å²) in [6, 6.07) is 9.11. The number of quaternary nitrogens is 1. The largest absolute Gasteiger partial charge is 0.461 e. The number of fused-ring (bicyclic) bond motifs is 2. The number of nitrogens with zero attached hydrogens (tertiary/aromatic N) is 1. The Balaban J connectivity index is 1.74. The van der Waals surface area contributed by atoms with Gasteiger partial charge in [0.05, 0.1) is 35.8 Å². The van der Waals surface area contributed by atoms with Gasteiger partial charge >= 0.3 is 5.97 Å². The zero-order valence-corrected chi connectivity index (χ0v) is 14.5. The fourth-order valence-corrected chi connectivity index (χ4v) is 4.59. The van der Waals surface area contributed by atoms with Gasteiger partial charge in [0.25, 0.3) is 0 Å². The zero-order valence-electron chi connectivity index (χ0n) is 17.5. The molecular weight excluding hydrogens is 302 g/mol. The molecule has 2 bridgehead atoms. The third-order valence-corrected chi connectivity index (χ3v) is 5.92. The van der Waals surface area contributed by atoms with E-state index >= 15 is 0 Å². The van der Waals surface area contributed by atoms with Crippen LogP contribution in [0.2, 0.25) is 0 Å². The number of carbonyl (C=O) groups excluding carboxylic acids is 1. The van der Waals surface area contributed by atoms with Crippen molar-refractivity contribution in [2.24, 2.45) is 0 Å². The average Bonchev–Trinajstić information content (AvgIpc) is 2.83. The van der Waals surface area contributed by atoms with Crippen LogP contribution in [0.1, 0.15) is 55.1 Å². The molecule has 0 radical (unpaired) electrons. The highest BCUT2D eigenvalue weighted by Gasteiger charge is 2.53. The number of carbonyl (C=O) groups is 1. The Morgan fingerprint density at radius 2 is 1.92 bits per heavy atom. The van der Waals surface area contributed by atoms with Crippen LogP contribution in [0.5, 0.6) is 0 Å². The van der Waals surface area contributed by atoms with Crippen LogP contribution in [-0.4, -0.2) is 53.4 Å². The molecule has 0 aliphatic carbocycles. The zero-order chi connectivity index (χ0) is 19.8. The summed E-state index contributed by atoms with van der Waals surface area (Å²) in [4.78, 5) is 12.7. The number of hydrogen-bond acceptors (Lipinski definition) is 3. The van der Waals surface area contributed by atoms with Gasteiger partial charge < -0.3 is 14.3 Å². The Morgan fingerprint density at radius 3 is 2.42 bits per heavy atom. The topological polar surface area (TPSA) is 46.5 Å². The second kappa shape index (κ2) is 6.85. The fourth-order valence-electron chi connectivity index (χ4n) is 4.59. The van der Waals surface area contributed by atoms with E-state index in [0.717, 1.165) is 18.4 Å². The lowest BCUT2D eigenvalue weighted by molar-refractivity contribution is -0.968. The van der Waals surface area contributed by atoms with Crippen molar-refractivity contribution in [3.8, 4) is 0 Å². The maximum atomic E-state index is 12.7. The van der Waals surface area contributed by atoms with Gasteiger partial charge in [-0.1, -0.05) is 30.3 Å². The summed E-state index contributed by atoms with van der Waals surface area (Å²) in [6.45, 7) is 1.61. The molecule has 4 nitrogen and oxygen atoms in total. The lowest BCUT2D eigenvalue weighted by Crippen LogP contribution is -2.62. The number of ether oxygens (including phenoxy) is 1. The van der Waals surface area contributed by atoms with Crippen LogP contribution < -0.4 is 0 Å². The molecule has 0 saturated carbocycles. The van der Waals surface area contributed by atoms with Crippen molar-refractivity contribution in [3.05, 3.63) is 35.9 Å². The van der Waals surface area contributed by atoms with E-state index in [1.165, 1.54) is 0 Å². The highest BCUT2D eigenvalue weighted by molar-refractivity contribution is 5.78. The SMILES string of the molecule is [2H]C([2H])([2H])[N+]1(C(C)C)[C@@H]2CC[C@H]1CC(OC(=O)C(CO)c1ccccc1)C2. The van der Waals surface area contributed by atoms with Crippen molar-refractivity contribution in [2.75, 3.05) is 13.6 Å². The second-order valence-corrected chi connectivity index (χ2v) is 7.49. The minimum absolute atomic E-state index is 0.00107. The molecule has 3 unspecified atom stereocenters. The van der Waals surface area contributed by atoms with E-state index in [-0.39, 0.29) is 35.3 Å². The average molecular weight is 335 g/mol. The molecule has 0 amide bonds. The smallest absolute Gasteiger partial charge is 0.316 e. The van der Waals surface area contributed by atoms with Crippen molar-refractivity contribution in [1.82, 2.24) is 0 Å². The van der Waals surface area contributed by atoms with Gasteiger partial charge in [0.15, 0.2) is 0 Å². The summed E-state index contributed by atoms with van der Waals surface area (Å²) >= 11 is 0. The van der Waals surface area contributed by atoms with Gasteiger partial charge in [0.2, 0.25) is 0 Å². The lowest BCUT2D eigenvalue weighted by atomic mass is 9.94. The van der Waals surface area contributed by atoms with Gasteiger partial charge in [-0.25, -0.2) is 0 Å². The molecule has 1 N–H and O–H groups in total. The van der Waals surface area contributed by atoms with Gasteiger partial charge in [-0.2, -0.15) is 0 Å². The Morgan fingerprint density at radius 1 is 1.29 bits per heavy atom. The maximum absolute atomic E-state index is 12.7. The van der Waals surface area contributed by atoms with Crippen LogP contribution in [0.4, 0.5) is 0 Å². The highest BCUT2D eigenvalue weighted by atomic mass is 16.5. The van der Waals surface area contributed by atoms with Crippen molar-refractivity contribution in [2.45, 2.75) is 69.7 Å². The van der Waals surface area contributed by atoms with Crippen molar-refractivity contribution in [1.29, 1.82) is 0 Å². The molecule has 24 heavy (non-hydrogen) atoms. The number of hydrogen-bond donors (Lipinski definition) is 1. The normalized spacial score (nSPS) is 35.8. The predicted octanol–water partition coefficient (Wildman–Crippen LogP) is 2.85. The minimum Gasteiger partial charge on any atom is -0.461 e. The fraction of sp³-hybridized carbons (Fsp3) is 0.650. The Labute approximate surface area is 149 Å². The molecule has 0 spiro atoms. The van der Waals surface area contributed by atoms with E-state index in [9.17, 15) is 9.90 Å². The Bertz CT molecular complexity index is 648. The third kappa shape index (κ3) is 2.98. The maximum Gasteiger partial charge on any atom is 0.316 e. The standard InChI is InChI=1S/C20H30NO3/c1-14(2)21(3)16-9-10-17(21)12-18(11-16)24-20(23)19(13-22)15-7-5-4-6-8-15/h4-8,14,16-19,22H,9-13H2,1-3H3/q+1/t16-,17+,18?,19?,21?/i3D3. The molecule has 2 heterocycles. The summed E-state index contributed by atoms with van der Waals surface area (Å²) in [5.41, 5.74) is 0.735. The first-order valence-electron chi connectivity index (χ1n) is 10.5. The molecule has 2 aliphatic heterocycles. The Hall–Kier alpha value is -1.39. The first-order chi connectivity index (χ1) is 12.7. The molecule has 5 atom stereocenters. The summed E-state index contributed by atoms with van der Waals surface area (Å²) in [6.07, 6.45) is 2.59. The van der Waals surface area contributed by atoms with Crippen LogP contribution in [0.3, 0.4) is 0 Å². The van der Waals surface area contributed by atoms with Crippen molar-refractivity contribution in [3.63, 3.8) is 0 Å². The van der Waals surface area contributed by atoms with E-state index in [0.29, 0.717) is 12.8 Å². The molecule has 2 saturated heterocycles. The van der Waals surface area contributed by atoms with E-state index in [1.54, 1.807) is 0 Å². The number of benzene rings is 1. The second-order valence-electron chi connectivity index (χ2n) is 7.49. The molecule has 1 aromatic carbocycles. The van der Waals surface area contributed by atoms with Crippen LogP contribution in [0, 0.1) is 0 Å². The van der Waals surface area contributed by atoms with Crippen molar-refractivity contribution >= 4 is 5.97 Å². The van der Waals surface area contributed by atoms with Gasteiger partial charge in [-0.15, -0.1) is 0 Å². The number of esters is 1. The van der Waals surface area contributed by atoms with Crippen LogP contribution in [-0.2, 0) is 9.53 Å². The highest BCUT2D eigenvalue weighted by Crippen LogP contribution is 2.44. The third-order valence-electron chi connectivity index (χ3n) is 5.92. The molecule has 2 fully saturated rings. The molecule has 132 valence electrons. The van der Waals surface area contributed by atoms with Crippen LogP contribution in [0.15, 0.2) is 30.3 Å². The first-order valence-corrected chi connectivity index (χ1v) is 8.96. The van der Waals surface area contributed by atoms with Crippen molar-refractivity contribution < 1.29 is 23.2 Å². The summed E-state index contributed by atoms with van der Waals surface area (Å²) in [7, 11) is 0. The number of piperidine rings is 1. The van der Waals surface area contributed by atoms with Gasteiger partial charge in [-0.3, -0.25) is 4.79 Å². The summed E-state index contributed by atoms with van der Waals surface area (Å²) in [5.74, 6) is -1.12. The van der Waals surface area contributed by atoms with E-state index < -0.39 is 18.9 Å². The lowest BCUT2D eigenvalue weighted by Gasteiger charge is -2.49. The van der Waals surface area contributed by atoms with Gasteiger partial charge in [0.1, 0.15) is 12.0 Å². The van der Waals surface area contributed by atoms with E-state index in [2.05, 4.69) is 0 Å². The molecule has 1 aromatic rings. The first kappa shape index (κ1) is 13.9. The van der Waals surface area contributed by atoms with E-state index in [1.807, 2.05) is 44.2 Å². The van der Waals surface area contributed by atoms with Crippen LogP contribution in [0.25, 0.3) is 0 Å². The molecule has 2 aliphatic rings. The monoisotopic (exact) mass is 335 g/mol. The molecule has 4 heteroatoms. The van der Waals surface area contributed by atoms with E-state index in [4.69, 9.17) is 8.85 Å². The number of aliphatic hydroxyl groups is 1. The molecular formula is C20H30NO3+.